The zero-order chi connectivity index (χ0) is 11.8. The monoisotopic (exact) mass is 222 g/mol. The lowest BCUT2D eigenvalue weighted by molar-refractivity contribution is -0.150. The summed E-state index contributed by atoms with van der Waals surface area (Å²) in [5.74, 6) is 0.0206. The first-order chi connectivity index (χ1) is 7.59. The Balaban J connectivity index is 2.25. The van der Waals surface area contributed by atoms with Gasteiger partial charge in [0.1, 0.15) is 12.1 Å². The second kappa shape index (κ2) is 3.92. The Morgan fingerprint density at radius 1 is 1.44 bits per heavy atom. The number of nitrogens with one attached hydrogen (secondary N) is 1. The average Bonchev–Trinajstić information content (AvgIpc) is 2.72. The minimum absolute atomic E-state index is 0.0461. The van der Waals surface area contributed by atoms with Gasteiger partial charge < -0.3 is 10.2 Å². The summed E-state index contributed by atoms with van der Waals surface area (Å²) in [6.45, 7) is 5.74. The van der Waals surface area contributed by atoms with E-state index in [0.29, 0.717) is 0 Å². The van der Waals surface area contributed by atoms with Crippen LogP contribution in [-0.4, -0.2) is 34.8 Å². The molecule has 16 heavy (non-hydrogen) atoms. The van der Waals surface area contributed by atoms with Gasteiger partial charge in [-0.3, -0.25) is 9.59 Å². The summed E-state index contributed by atoms with van der Waals surface area (Å²) in [7, 11) is 0. The highest BCUT2D eigenvalue weighted by Gasteiger charge is 2.48. The first-order valence-corrected chi connectivity index (χ1v) is 5.84. The molecule has 1 atom stereocenters. The number of carbonyl (C=O) groups excluding carboxylic acids is 2. The third-order valence-corrected chi connectivity index (χ3v) is 3.65. The predicted octanol–water partition coefficient (Wildman–Crippen LogP) is 0.832. The fourth-order valence-electron chi connectivity index (χ4n) is 2.63. The number of carbonyl (C=O) groups is 2. The maximum absolute atomic E-state index is 12.4. The number of nitrogens with zero attached hydrogens (tertiary/aromatic N) is 1. The van der Waals surface area contributed by atoms with Crippen molar-refractivity contribution in [2.75, 3.05) is 6.54 Å². The Hall–Kier alpha value is -1.32. The molecule has 1 aliphatic heterocycles. The summed E-state index contributed by atoms with van der Waals surface area (Å²) < 4.78 is 0. The molecular formula is C12H18N2O2. The summed E-state index contributed by atoms with van der Waals surface area (Å²) in [4.78, 5) is 25.7. The van der Waals surface area contributed by atoms with Crippen LogP contribution in [-0.2, 0) is 9.59 Å². The van der Waals surface area contributed by atoms with Crippen LogP contribution in [0.5, 0.6) is 0 Å². The van der Waals surface area contributed by atoms with E-state index in [4.69, 9.17) is 0 Å². The fraction of sp³-hybridized carbons (Fsp3) is 0.667. The van der Waals surface area contributed by atoms with Gasteiger partial charge in [0.2, 0.25) is 11.8 Å². The van der Waals surface area contributed by atoms with Gasteiger partial charge in [-0.1, -0.05) is 18.9 Å². The van der Waals surface area contributed by atoms with E-state index in [2.05, 4.69) is 11.9 Å². The van der Waals surface area contributed by atoms with Crippen molar-refractivity contribution < 1.29 is 9.59 Å². The van der Waals surface area contributed by atoms with Crippen molar-refractivity contribution in [2.45, 2.75) is 44.2 Å². The molecule has 0 aromatic rings. The van der Waals surface area contributed by atoms with Gasteiger partial charge in [0, 0.05) is 6.04 Å². The quantitative estimate of drug-likeness (QED) is 0.704. The first kappa shape index (κ1) is 11.2. The summed E-state index contributed by atoms with van der Waals surface area (Å²) in [6, 6.07) is -0.0731. The van der Waals surface area contributed by atoms with Crippen LogP contribution in [0, 0.1) is 0 Å². The third kappa shape index (κ3) is 1.62. The number of piperazine rings is 1. The molecular weight excluding hydrogens is 204 g/mol. The first-order valence-electron chi connectivity index (χ1n) is 5.84. The van der Waals surface area contributed by atoms with E-state index in [1.807, 2.05) is 6.92 Å². The number of amides is 2. The van der Waals surface area contributed by atoms with Crippen LogP contribution in [0.1, 0.15) is 32.6 Å². The molecule has 1 saturated carbocycles. The van der Waals surface area contributed by atoms with Gasteiger partial charge in [0.05, 0.1) is 0 Å². The Labute approximate surface area is 95.7 Å². The molecule has 88 valence electrons. The molecule has 1 heterocycles. The zero-order valence-electron chi connectivity index (χ0n) is 9.66. The lowest BCUT2D eigenvalue weighted by Gasteiger charge is -2.41. The van der Waals surface area contributed by atoms with Crippen LogP contribution in [0.25, 0.3) is 0 Å². The van der Waals surface area contributed by atoms with Gasteiger partial charge in [-0.15, -0.1) is 6.58 Å². The molecule has 0 aromatic heterocycles. The predicted molar refractivity (Wildman–Crippen MR) is 60.7 cm³/mol. The van der Waals surface area contributed by atoms with Gasteiger partial charge in [-0.2, -0.15) is 0 Å². The van der Waals surface area contributed by atoms with Gasteiger partial charge in [0.15, 0.2) is 0 Å². The van der Waals surface area contributed by atoms with E-state index >= 15 is 0 Å². The Bertz CT molecular complexity index is 332. The molecule has 4 heteroatoms. The van der Waals surface area contributed by atoms with Crippen LogP contribution >= 0.6 is 0 Å². The molecule has 2 aliphatic rings. The molecule has 2 rings (SSSR count). The van der Waals surface area contributed by atoms with Crippen molar-refractivity contribution in [1.29, 1.82) is 0 Å². The molecule has 1 aliphatic carbocycles. The van der Waals surface area contributed by atoms with Gasteiger partial charge in [-0.05, 0) is 19.8 Å². The van der Waals surface area contributed by atoms with Crippen LogP contribution < -0.4 is 5.32 Å². The highest BCUT2D eigenvalue weighted by atomic mass is 16.2. The maximum Gasteiger partial charge on any atom is 0.249 e. The summed E-state index contributed by atoms with van der Waals surface area (Å²) in [6.07, 6.45) is 5.29. The summed E-state index contributed by atoms with van der Waals surface area (Å²) >= 11 is 0. The third-order valence-electron chi connectivity index (χ3n) is 3.65. The minimum Gasteiger partial charge on any atom is -0.340 e. The van der Waals surface area contributed by atoms with Crippen molar-refractivity contribution in [3.8, 4) is 0 Å². The average molecular weight is 222 g/mol. The Morgan fingerprint density at radius 3 is 2.62 bits per heavy atom. The summed E-state index contributed by atoms with van der Waals surface area (Å²) in [5, 5.41) is 2.89. The highest BCUT2D eigenvalue weighted by molar-refractivity contribution is 5.98. The SMILES string of the molecule is C=CC(C)N1CC(=O)NC2(CCCC2)C1=O. The molecule has 1 spiro atoms. The van der Waals surface area contributed by atoms with Crippen molar-refractivity contribution in [3.63, 3.8) is 0 Å². The van der Waals surface area contributed by atoms with E-state index in [9.17, 15) is 9.59 Å². The largest absolute Gasteiger partial charge is 0.340 e. The van der Waals surface area contributed by atoms with E-state index in [-0.39, 0.29) is 24.4 Å². The topological polar surface area (TPSA) is 49.4 Å². The summed E-state index contributed by atoms with van der Waals surface area (Å²) in [5.41, 5.74) is -0.605. The molecule has 2 amide bonds. The molecule has 0 radical (unpaired) electrons. The van der Waals surface area contributed by atoms with Crippen LogP contribution in [0.4, 0.5) is 0 Å². The van der Waals surface area contributed by atoms with Crippen molar-refractivity contribution in [2.24, 2.45) is 0 Å². The second-order valence-corrected chi connectivity index (χ2v) is 4.75. The van der Waals surface area contributed by atoms with Crippen molar-refractivity contribution in [1.82, 2.24) is 10.2 Å². The van der Waals surface area contributed by atoms with Crippen LogP contribution in [0.2, 0.25) is 0 Å². The fourth-order valence-corrected chi connectivity index (χ4v) is 2.63. The van der Waals surface area contributed by atoms with Gasteiger partial charge >= 0.3 is 0 Å². The van der Waals surface area contributed by atoms with Crippen LogP contribution in [0.15, 0.2) is 12.7 Å². The standard InChI is InChI=1S/C12H18N2O2/c1-3-9(2)14-8-10(15)13-12(11(14)16)6-4-5-7-12/h3,9H,1,4-8H2,2H3,(H,13,15). The maximum atomic E-state index is 12.4. The zero-order valence-corrected chi connectivity index (χ0v) is 9.66. The van der Waals surface area contributed by atoms with Crippen LogP contribution in [0.3, 0.4) is 0 Å². The van der Waals surface area contributed by atoms with E-state index in [0.717, 1.165) is 25.7 Å². The molecule has 0 aromatic carbocycles. The molecule has 0 bridgehead atoms. The lowest BCUT2D eigenvalue weighted by atomic mass is 9.92. The van der Waals surface area contributed by atoms with Crippen molar-refractivity contribution in [3.05, 3.63) is 12.7 Å². The van der Waals surface area contributed by atoms with E-state index in [1.54, 1.807) is 11.0 Å². The smallest absolute Gasteiger partial charge is 0.249 e. The number of rotatable bonds is 2. The van der Waals surface area contributed by atoms with E-state index in [1.165, 1.54) is 0 Å². The Morgan fingerprint density at radius 2 is 2.06 bits per heavy atom. The minimum atomic E-state index is -0.605. The molecule has 1 unspecified atom stereocenters. The highest BCUT2D eigenvalue weighted by Crippen LogP contribution is 2.33. The van der Waals surface area contributed by atoms with Gasteiger partial charge in [0.25, 0.3) is 0 Å². The number of hydrogen-bond donors (Lipinski definition) is 1. The second-order valence-electron chi connectivity index (χ2n) is 4.75. The molecule has 4 nitrogen and oxygen atoms in total. The molecule has 1 N–H and O–H groups in total. The van der Waals surface area contributed by atoms with E-state index < -0.39 is 5.54 Å². The lowest BCUT2D eigenvalue weighted by Crippen LogP contribution is -2.66. The van der Waals surface area contributed by atoms with Crippen molar-refractivity contribution >= 4 is 11.8 Å². The number of hydrogen-bond acceptors (Lipinski definition) is 2. The molecule has 2 fully saturated rings. The Kier molecular flexibility index (Phi) is 2.74. The molecule has 1 saturated heterocycles. The normalized spacial score (nSPS) is 25.7. The van der Waals surface area contributed by atoms with Gasteiger partial charge in [-0.25, -0.2) is 0 Å².